The van der Waals surface area contributed by atoms with Crippen molar-refractivity contribution in [3.8, 4) is 0 Å². The summed E-state index contributed by atoms with van der Waals surface area (Å²) in [4.78, 5) is 41.1. The van der Waals surface area contributed by atoms with Crippen molar-refractivity contribution < 1.29 is 14.4 Å². The molecule has 158 valence electrons. The Morgan fingerprint density at radius 3 is 2.66 bits per heavy atom. The Morgan fingerprint density at radius 2 is 2.00 bits per heavy atom. The molecule has 1 heterocycles. The van der Waals surface area contributed by atoms with Crippen LogP contribution >= 0.6 is 0 Å². The summed E-state index contributed by atoms with van der Waals surface area (Å²) < 4.78 is 0. The van der Waals surface area contributed by atoms with Gasteiger partial charge in [0.25, 0.3) is 5.91 Å². The maximum Gasteiger partial charge on any atom is 0.325 e. The lowest BCUT2D eigenvalue weighted by molar-refractivity contribution is -0.137. The molecule has 0 aromatic heterocycles. The number of imide groups is 1. The minimum absolute atomic E-state index is 0.0877. The highest BCUT2D eigenvalue weighted by Gasteiger charge is 2.55. The summed E-state index contributed by atoms with van der Waals surface area (Å²) in [6.45, 7) is 2.22. The van der Waals surface area contributed by atoms with Gasteiger partial charge in [-0.1, -0.05) is 50.1 Å². The third-order valence-corrected chi connectivity index (χ3v) is 6.38. The number of hydrogen-bond donors (Lipinski definition) is 2. The zero-order chi connectivity index (χ0) is 21.0. The van der Waals surface area contributed by atoms with Crippen LogP contribution < -0.4 is 10.6 Å². The second-order valence-electron chi connectivity index (χ2n) is 8.55. The molecule has 4 amide bonds. The van der Waals surface area contributed by atoms with E-state index in [1.54, 1.807) is 0 Å². The summed E-state index contributed by atoms with van der Waals surface area (Å²) in [5, 5.41) is 5.79. The molecule has 1 aliphatic heterocycles. The van der Waals surface area contributed by atoms with Crippen LogP contribution in [0.5, 0.6) is 0 Å². The molecule has 7 nitrogen and oxygen atoms in total. The van der Waals surface area contributed by atoms with Crippen molar-refractivity contribution in [1.29, 1.82) is 0 Å². The molecule has 1 saturated carbocycles. The molecule has 2 aliphatic rings. The molecule has 0 radical (unpaired) electrons. The van der Waals surface area contributed by atoms with E-state index in [1.165, 1.54) is 5.56 Å². The molecule has 1 aliphatic carbocycles. The van der Waals surface area contributed by atoms with Crippen LogP contribution in [0.4, 0.5) is 4.79 Å². The van der Waals surface area contributed by atoms with Crippen molar-refractivity contribution in [2.75, 3.05) is 27.2 Å². The van der Waals surface area contributed by atoms with E-state index in [-0.39, 0.29) is 30.3 Å². The predicted molar refractivity (Wildman–Crippen MR) is 111 cm³/mol. The fraction of sp³-hybridized carbons (Fsp3) is 0.591. The van der Waals surface area contributed by atoms with Crippen molar-refractivity contribution in [2.45, 2.75) is 50.6 Å². The molecule has 7 heteroatoms. The minimum atomic E-state index is -0.824. The van der Waals surface area contributed by atoms with E-state index in [1.807, 2.05) is 39.2 Å². The van der Waals surface area contributed by atoms with Crippen LogP contribution in [0.15, 0.2) is 30.3 Å². The molecule has 2 N–H and O–H groups in total. The fourth-order valence-electron chi connectivity index (χ4n) is 4.39. The van der Waals surface area contributed by atoms with Gasteiger partial charge in [-0.15, -0.1) is 0 Å². The van der Waals surface area contributed by atoms with Crippen molar-refractivity contribution >= 4 is 17.8 Å². The number of nitrogens with zero attached hydrogens (tertiary/aromatic N) is 2. The van der Waals surface area contributed by atoms with E-state index in [2.05, 4.69) is 27.7 Å². The summed E-state index contributed by atoms with van der Waals surface area (Å²) in [6, 6.07) is 9.78. The van der Waals surface area contributed by atoms with E-state index < -0.39 is 11.6 Å². The summed E-state index contributed by atoms with van der Waals surface area (Å²) in [7, 11) is 3.96. The molecule has 1 spiro atoms. The topological polar surface area (TPSA) is 81.8 Å². The van der Waals surface area contributed by atoms with Crippen molar-refractivity contribution in [3.05, 3.63) is 35.9 Å². The van der Waals surface area contributed by atoms with Crippen molar-refractivity contribution in [1.82, 2.24) is 20.4 Å². The van der Waals surface area contributed by atoms with Crippen LogP contribution in [0.25, 0.3) is 0 Å². The largest absolute Gasteiger partial charge is 0.353 e. The Morgan fingerprint density at radius 1 is 1.28 bits per heavy atom. The second kappa shape index (κ2) is 8.95. The molecular formula is C22H32N4O3. The van der Waals surface area contributed by atoms with Crippen molar-refractivity contribution in [2.24, 2.45) is 5.92 Å². The smallest absolute Gasteiger partial charge is 0.325 e. The Balaban J connectivity index is 1.57. The number of rotatable bonds is 7. The Kier molecular flexibility index (Phi) is 6.57. The average Bonchev–Trinajstić information content (AvgIpc) is 2.93. The molecule has 2 fully saturated rings. The summed E-state index contributed by atoms with van der Waals surface area (Å²) in [6.07, 6.45) is 4.35. The molecule has 1 aromatic rings. The number of urea groups is 1. The van der Waals surface area contributed by atoms with E-state index >= 15 is 0 Å². The first-order chi connectivity index (χ1) is 13.8. The number of carbonyl (C=O) groups is 3. The van der Waals surface area contributed by atoms with Crippen molar-refractivity contribution in [3.63, 3.8) is 0 Å². The first kappa shape index (κ1) is 21.3. The Bertz CT molecular complexity index is 752. The van der Waals surface area contributed by atoms with E-state index in [9.17, 15) is 14.4 Å². The van der Waals surface area contributed by atoms with Crippen LogP contribution in [0.3, 0.4) is 0 Å². The van der Waals surface area contributed by atoms with Gasteiger partial charge in [-0.25, -0.2) is 4.79 Å². The molecule has 3 rings (SSSR count). The molecule has 0 bridgehead atoms. The van der Waals surface area contributed by atoms with Gasteiger partial charge in [0.1, 0.15) is 12.1 Å². The lowest BCUT2D eigenvalue weighted by Gasteiger charge is -2.36. The molecule has 29 heavy (non-hydrogen) atoms. The molecule has 1 saturated heterocycles. The molecule has 3 unspecified atom stereocenters. The van der Waals surface area contributed by atoms with Gasteiger partial charge in [0.15, 0.2) is 0 Å². The molecule has 3 atom stereocenters. The normalized spacial score (nSPS) is 25.4. The first-order valence-electron chi connectivity index (χ1n) is 10.4. The monoisotopic (exact) mass is 400 g/mol. The Labute approximate surface area is 172 Å². The van der Waals surface area contributed by atoms with Gasteiger partial charge in [0.2, 0.25) is 5.91 Å². The zero-order valence-corrected chi connectivity index (χ0v) is 17.6. The number of likely N-dealkylation sites (N-methyl/N-ethyl adjacent to an activating group) is 1. The van der Waals surface area contributed by atoms with E-state index in [0.717, 1.165) is 30.6 Å². The van der Waals surface area contributed by atoms with Crippen LogP contribution in [0, 0.1) is 5.92 Å². The van der Waals surface area contributed by atoms with Crippen LogP contribution in [-0.4, -0.2) is 66.4 Å². The molecular weight excluding hydrogens is 368 g/mol. The maximum absolute atomic E-state index is 13.0. The summed E-state index contributed by atoms with van der Waals surface area (Å²) >= 11 is 0. The van der Waals surface area contributed by atoms with Gasteiger partial charge in [-0.05, 0) is 44.8 Å². The number of nitrogens with one attached hydrogen (secondary N) is 2. The molecule has 1 aromatic carbocycles. The standard InChI is InChI=1S/C22H32N4O3/c1-16-9-7-8-12-22(16)20(28)26(21(29)24-22)15-19(27)23-14-18(25(2)3)13-17-10-5-4-6-11-17/h4-6,10-11,16,18H,7-9,12-15H2,1-3H3,(H,23,27)(H,24,29). The number of carbonyl (C=O) groups excluding carboxylic acids is 3. The van der Waals surface area contributed by atoms with Gasteiger partial charge < -0.3 is 15.5 Å². The highest BCUT2D eigenvalue weighted by atomic mass is 16.2. The van der Waals surface area contributed by atoms with E-state index in [0.29, 0.717) is 13.0 Å². The third-order valence-electron chi connectivity index (χ3n) is 6.38. The van der Waals surface area contributed by atoms with Gasteiger partial charge in [-0.2, -0.15) is 0 Å². The second-order valence-corrected chi connectivity index (χ2v) is 8.55. The summed E-state index contributed by atoms with van der Waals surface area (Å²) in [5.74, 6) is -0.475. The van der Waals surface area contributed by atoms with Crippen LogP contribution in [0.1, 0.15) is 38.2 Å². The lowest BCUT2D eigenvalue weighted by atomic mass is 9.73. The average molecular weight is 401 g/mol. The number of hydrogen-bond acceptors (Lipinski definition) is 4. The maximum atomic E-state index is 13.0. The summed E-state index contributed by atoms with van der Waals surface area (Å²) in [5.41, 5.74) is 0.373. The van der Waals surface area contributed by atoms with Gasteiger partial charge in [0.05, 0.1) is 0 Å². The van der Waals surface area contributed by atoms with Gasteiger partial charge >= 0.3 is 6.03 Å². The Hall–Kier alpha value is -2.41. The first-order valence-corrected chi connectivity index (χ1v) is 10.4. The lowest BCUT2D eigenvalue weighted by Crippen LogP contribution is -2.54. The van der Waals surface area contributed by atoms with Crippen LogP contribution in [-0.2, 0) is 16.0 Å². The van der Waals surface area contributed by atoms with Gasteiger partial charge in [-0.3, -0.25) is 14.5 Å². The fourth-order valence-corrected chi connectivity index (χ4v) is 4.39. The minimum Gasteiger partial charge on any atom is -0.353 e. The highest BCUT2D eigenvalue weighted by Crippen LogP contribution is 2.38. The SMILES string of the molecule is CC1CCCCC12NC(=O)N(CC(=O)NCC(Cc1ccccc1)N(C)C)C2=O. The van der Waals surface area contributed by atoms with Gasteiger partial charge in [0, 0.05) is 12.6 Å². The quantitative estimate of drug-likeness (QED) is 0.684. The highest BCUT2D eigenvalue weighted by molar-refractivity contribution is 6.09. The number of amides is 4. The third kappa shape index (κ3) is 4.61. The number of benzene rings is 1. The predicted octanol–water partition coefficient (Wildman–Crippen LogP) is 1.78. The van der Waals surface area contributed by atoms with Crippen LogP contribution in [0.2, 0.25) is 0 Å². The zero-order valence-electron chi connectivity index (χ0n) is 17.6. The van der Waals surface area contributed by atoms with E-state index in [4.69, 9.17) is 0 Å².